The van der Waals surface area contributed by atoms with Crippen LogP contribution < -0.4 is 10.5 Å². The topological polar surface area (TPSA) is 94.0 Å². The van der Waals surface area contributed by atoms with Crippen molar-refractivity contribution in [3.8, 4) is 5.75 Å². The molecule has 0 bridgehead atoms. The Morgan fingerprint density at radius 3 is 2.24 bits per heavy atom. The molecule has 0 aliphatic carbocycles. The fraction of sp³-hybridized carbons (Fsp3) is 0.185. The number of aliphatic hydroxyl groups is 1. The number of hydrogen-bond donors (Lipinski definition) is 2. The van der Waals surface area contributed by atoms with Crippen molar-refractivity contribution in [2.24, 2.45) is 5.73 Å². The molecule has 1 amide bonds. The normalized spacial score (nSPS) is 10.9. The standard InChI is InChI=1S/C27H26N2O4/c28-27(32)26(31)25-22(12-7-15-30)23(16-19-8-3-1-4-9-19)29-14-13-21(17-24(25)29)33-18-20-10-5-2-6-11-20/h1-6,8-11,13-14,17,30H,7,12,15-16,18H2,(H2,28,32). The fourth-order valence-corrected chi connectivity index (χ4v) is 4.07. The van der Waals surface area contributed by atoms with Gasteiger partial charge in [-0.3, -0.25) is 9.59 Å². The van der Waals surface area contributed by atoms with E-state index in [9.17, 15) is 14.7 Å². The van der Waals surface area contributed by atoms with Crippen LogP contribution in [-0.4, -0.2) is 27.8 Å². The van der Waals surface area contributed by atoms with Crippen molar-refractivity contribution in [2.75, 3.05) is 6.61 Å². The number of aliphatic hydroxyl groups excluding tert-OH is 1. The number of ether oxygens (including phenoxy) is 1. The number of carbonyl (C=O) groups is 2. The summed E-state index contributed by atoms with van der Waals surface area (Å²) in [5, 5.41) is 9.44. The quantitative estimate of drug-likeness (QED) is 0.289. The van der Waals surface area contributed by atoms with Crippen LogP contribution in [-0.2, 0) is 24.2 Å². The Morgan fingerprint density at radius 2 is 1.61 bits per heavy atom. The number of carbonyl (C=O) groups excluding carboxylic acids is 2. The van der Waals surface area contributed by atoms with E-state index in [-0.39, 0.29) is 12.2 Å². The number of primary amides is 1. The van der Waals surface area contributed by atoms with E-state index in [0.717, 1.165) is 22.4 Å². The Morgan fingerprint density at radius 1 is 0.939 bits per heavy atom. The molecule has 6 heteroatoms. The van der Waals surface area contributed by atoms with E-state index in [1.165, 1.54) is 0 Å². The van der Waals surface area contributed by atoms with Crippen molar-refractivity contribution in [3.63, 3.8) is 0 Å². The fourth-order valence-electron chi connectivity index (χ4n) is 4.07. The molecule has 0 saturated carbocycles. The highest BCUT2D eigenvalue weighted by Gasteiger charge is 2.26. The van der Waals surface area contributed by atoms with Crippen molar-refractivity contribution in [3.05, 3.63) is 107 Å². The summed E-state index contributed by atoms with van der Waals surface area (Å²) in [7, 11) is 0. The van der Waals surface area contributed by atoms with Crippen LogP contribution in [0.25, 0.3) is 5.52 Å². The first kappa shape index (κ1) is 22.3. The Kier molecular flexibility index (Phi) is 6.86. The Balaban J connectivity index is 1.81. The van der Waals surface area contributed by atoms with Gasteiger partial charge in [-0.25, -0.2) is 0 Å². The molecule has 0 fully saturated rings. The lowest BCUT2D eigenvalue weighted by atomic mass is 9.97. The Bertz CT molecular complexity index is 1260. The van der Waals surface area contributed by atoms with Gasteiger partial charge in [0.1, 0.15) is 12.4 Å². The molecule has 168 valence electrons. The summed E-state index contributed by atoms with van der Waals surface area (Å²) >= 11 is 0. The van der Waals surface area contributed by atoms with Crippen molar-refractivity contribution in [2.45, 2.75) is 25.9 Å². The van der Waals surface area contributed by atoms with Gasteiger partial charge in [0, 0.05) is 31.0 Å². The van der Waals surface area contributed by atoms with Crippen LogP contribution in [0.4, 0.5) is 0 Å². The second kappa shape index (κ2) is 10.1. The summed E-state index contributed by atoms with van der Waals surface area (Å²) in [6, 6.07) is 23.3. The molecule has 3 N–H and O–H groups in total. The molecule has 2 aromatic carbocycles. The highest BCUT2D eigenvalue weighted by Crippen LogP contribution is 2.30. The minimum absolute atomic E-state index is 0.0212. The van der Waals surface area contributed by atoms with Gasteiger partial charge in [0.15, 0.2) is 0 Å². The molecule has 0 aliphatic rings. The maximum atomic E-state index is 12.9. The largest absolute Gasteiger partial charge is 0.489 e. The number of pyridine rings is 1. The zero-order valence-electron chi connectivity index (χ0n) is 18.2. The van der Waals surface area contributed by atoms with Crippen LogP contribution in [0.1, 0.15) is 39.2 Å². The summed E-state index contributed by atoms with van der Waals surface area (Å²) < 4.78 is 7.89. The molecule has 33 heavy (non-hydrogen) atoms. The van der Waals surface area contributed by atoms with Crippen LogP contribution in [0.3, 0.4) is 0 Å². The highest BCUT2D eigenvalue weighted by molar-refractivity contribution is 6.44. The molecule has 0 spiro atoms. The number of nitrogens with two attached hydrogens (primary N) is 1. The number of aromatic nitrogens is 1. The number of amides is 1. The first-order chi connectivity index (χ1) is 16.1. The number of benzene rings is 2. The molecular formula is C27H26N2O4. The third kappa shape index (κ3) is 4.96. The van der Waals surface area contributed by atoms with E-state index in [4.69, 9.17) is 10.5 Å². The number of fused-ring (bicyclic) bond motifs is 1. The van der Waals surface area contributed by atoms with Crippen LogP contribution >= 0.6 is 0 Å². The van der Waals surface area contributed by atoms with E-state index < -0.39 is 11.7 Å². The molecule has 4 aromatic rings. The summed E-state index contributed by atoms with van der Waals surface area (Å²) in [5.74, 6) is -1.16. The maximum Gasteiger partial charge on any atom is 0.289 e. The number of Topliss-reactive ketones (excluding diaryl/α,β-unsaturated/α-hetero) is 1. The highest BCUT2D eigenvalue weighted by atomic mass is 16.5. The molecule has 4 rings (SSSR count). The molecule has 6 nitrogen and oxygen atoms in total. The van der Waals surface area contributed by atoms with Crippen LogP contribution in [0, 0.1) is 0 Å². The molecular weight excluding hydrogens is 416 g/mol. The minimum Gasteiger partial charge on any atom is -0.489 e. The lowest BCUT2D eigenvalue weighted by Gasteiger charge is -2.09. The first-order valence-corrected chi connectivity index (χ1v) is 10.9. The van der Waals surface area contributed by atoms with Crippen molar-refractivity contribution < 1.29 is 19.4 Å². The van der Waals surface area contributed by atoms with Crippen molar-refractivity contribution in [1.82, 2.24) is 4.40 Å². The molecule has 0 aliphatic heterocycles. The van der Waals surface area contributed by atoms with Crippen molar-refractivity contribution in [1.29, 1.82) is 0 Å². The maximum absolute atomic E-state index is 12.9. The summed E-state index contributed by atoms with van der Waals surface area (Å²) in [6.45, 7) is 0.359. The average Bonchev–Trinajstić information content (AvgIpc) is 3.14. The van der Waals surface area contributed by atoms with E-state index in [2.05, 4.69) is 0 Å². The molecule has 0 saturated heterocycles. The lowest BCUT2D eigenvalue weighted by Crippen LogP contribution is -2.24. The van der Waals surface area contributed by atoms with Crippen LogP contribution in [0.2, 0.25) is 0 Å². The molecule has 0 unspecified atom stereocenters. The monoisotopic (exact) mass is 442 g/mol. The van der Waals surface area contributed by atoms with Crippen molar-refractivity contribution >= 4 is 17.2 Å². The number of nitrogens with zero attached hydrogens (tertiary/aromatic N) is 1. The SMILES string of the molecule is NC(=O)C(=O)c1c(CCCO)c(Cc2ccccc2)n2ccc(OCc3ccccc3)cc12. The molecule has 0 radical (unpaired) electrons. The van der Waals surface area contributed by atoms with Gasteiger partial charge in [-0.1, -0.05) is 60.7 Å². The third-order valence-electron chi connectivity index (χ3n) is 5.62. The smallest absolute Gasteiger partial charge is 0.289 e. The van der Waals surface area contributed by atoms with Gasteiger partial charge in [-0.2, -0.15) is 0 Å². The van der Waals surface area contributed by atoms with Gasteiger partial charge in [0.05, 0.1) is 11.1 Å². The van der Waals surface area contributed by atoms with Gasteiger partial charge < -0.3 is 20.0 Å². The summed E-state index contributed by atoms with van der Waals surface area (Å²) in [4.78, 5) is 24.8. The Hall–Kier alpha value is -3.90. The van der Waals surface area contributed by atoms with Gasteiger partial charge >= 0.3 is 0 Å². The molecule has 2 heterocycles. The van der Waals surface area contributed by atoms with Crippen LogP contribution in [0.5, 0.6) is 5.75 Å². The second-order valence-electron chi connectivity index (χ2n) is 7.88. The van der Waals surface area contributed by atoms with E-state index in [1.54, 1.807) is 6.07 Å². The predicted molar refractivity (Wildman–Crippen MR) is 126 cm³/mol. The number of hydrogen-bond acceptors (Lipinski definition) is 4. The second-order valence-corrected chi connectivity index (χ2v) is 7.88. The molecule has 2 aromatic heterocycles. The van der Waals surface area contributed by atoms with Gasteiger partial charge in [0.2, 0.25) is 0 Å². The minimum atomic E-state index is -1.00. The Labute approximate surface area is 192 Å². The number of rotatable bonds is 10. The van der Waals surface area contributed by atoms with E-state index >= 15 is 0 Å². The molecule has 0 atom stereocenters. The lowest BCUT2D eigenvalue weighted by molar-refractivity contribution is -0.114. The van der Waals surface area contributed by atoms with Gasteiger partial charge in [-0.05, 0) is 35.6 Å². The summed E-state index contributed by atoms with van der Waals surface area (Å²) in [6.07, 6.45) is 3.34. The van der Waals surface area contributed by atoms with E-state index in [1.807, 2.05) is 77.3 Å². The van der Waals surface area contributed by atoms with Crippen LogP contribution in [0.15, 0.2) is 79.0 Å². The van der Waals surface area contributed by atoms with Gasteiger partial charge in [-0.15, -0.1) is 0 Å². The number of ketones is 1. The third-order valence-corrected chi connectivity index (χ3v) is 5.62. The predicted octanol–water partition coefficient (Wildman–Crippen LogP) is 3.70. The average molecular weight is 443 g/mol. The zero-order valence-corrected chi connectivity index (χ0v) is 18.2. The first-order valence-electron chi connectivity index (χ1n) is 10.9. The zero-order chi connectivity index (χ0) is 23.2. The van der Waals surface area contributed by atoms with E-state index in [0.29, 0.717) is 37.1 Å². The van der Waals surface area contributed by atoms with Gasteiger partial charge in [0.25, 0.3) is 11.7 Å². The summed E-state index contributed by atoms with van der Waals surface area (Å²) in [5.41, 5.74) is 9.99.